The molecular weight excluding hydrogens is 202 g/mol. The van der Waals surface area contributed by atoms with Crippen LogP contribution in [0.5, 0.6) is 0 Å². The lowest BCUT2D eigenvalue weighted by atomic mass is 10.2. The highest BCUT2D eigenvalue weighted by molar-refractivity contribution is 5.33. The Hall–Kier alpha value is -1.17. The number of likely N-dealkylation sites (N-methyl/N-ethyl adjacent to an activating group) is 2. The van der Waals surface area contributed by atoms with Crippen LogP contribution < -0.4 is 11.3 Å². The molecule has 0 bridgehead atoms. The van der Waals surface area contributed by atoms with Gasteiger partial charge in [0.15, 0.2) is 0 Å². The number of hydrogen-bond acceptors (Lipinski definition) is 5. The van der Waals surface area contributed by atoms with E-state index in [1.54, 1.807) is 0 Å². The molecule has 0 unspecified atom stereocenters. The molecule has 1 aromatic heterocycles. The minimum absolute atomic E-state index is 0.694. The van der Waals surface area contributed by atoms with Crippen molar-refractivity contribution in [1.29, 1.82) is 0 Å². The van der Waals surface area contributed by atoms with E-state index in [0.717, 1.165) is 19.6 Å². The second-order valence-electron chi connectivity index (χ2n) is 4.24. The molecular formula is C11H21N5. The van der Waals surface area contributed by atoms with Crippen LogP contribution in [0.15, 0.2) is 18.3 Å². The summed E-state index contributed by atoms with van der Waals surface area (Å²) in [6.07, 6.45) is 1.85. The van der Waals surface area contributed by atoms with Gasteiger partial charge in [-0.05, 0) is 32.8 Å². The molecule has 0 saturated carbocycles. The maximum absolute atomic E-state index is 5.25. The molecule has 1 rings (SSSR count). The molecule has 0 saturated heterocycles. The third kappa shape index (κ3) is 4.57. The van der Waals surface area contributed by atoms with E-state index in [4.69, 9.17) is 5.84 Å². The second-order valence-corrected chi connectivity index (χ2v) is 4.24. The maximum Gasteiger partial charge on any atom is 0.139 e. The molecule has 0 aliphatic heterocycles. The molecule has 16 heavy (non-hydrogen) atoms. The van der Waals surface area contributed by atoms with Crippen LogP contribution in [0.2, 0.25) is 0 Å². The molecule has 0 radical (unpaired) electrons. The number of nitrogens with two attached hydrogens (primary N) is 1. The van der Waals surface area contributed by atoms with E-state index in [-0.39, 0.29) is 0 Å². The third-order valence-electron chi connectivity index (χ3n) is 2.35. The zero-order valence-electron chi connectivity index (χ0n) is 10.3. The predicted octanol–water partition coefficient (Wildman–Crippen LogP) is 0.361. The number of hydrogen-bond donors (Lipinski definition) is 2. The summed E-state index contributed by atoms with van der Waals surface area (Å²) in [6, 6.07) is 3.92. The molecule has 0 fully saturated rings. The van der Waals surface area contributed by atoms with Crippen LogP contribution in [0.25, 0.3) is 0 Å². The van der Waals surface area contributed by atoms with Crippen molar-refractivity contribution in [2.45, 2.75) is 6.54 Å². The van der Waals surface area contributed by atoms with Gasteiger partial charge in [0.2, 0.25) is 0 Å². The number of hydrazine groups is 1. The van der Waals surface area contributed by atoms with Crippen LogP contribution in [0, 0.1) is 0 Å². The molecule has 1 aromatic rings. The van der Waals surface area contributed by atoms with Crippen molar-refractivity contribution in [3.05, 3.63) is 23.9 Å². The topological polar surface area (TPSA) is 57.4 Å². The summed E-state index contributed by atoms with van der Waals surface area (Å²) >= 11 is 0. The number of nitrogens with one attached hydrogen (secondary N) is 1. The van der Waals surface area contributed by atoms with Gasteiger partial charge in [0.1, 0.15) is 5.82 Å². The SMILES string of the molecule is CN(C)CCN(C)Cc1ccc(NN)nc1. The van der Waals surface area contributed by atoms with Crippen molar-refractivity contribution < 1.29 is 0 Å². The first-order valence-corrected chi connectivity index (χ1v) is 5.36. The van der Waals surface area contributed by atoms with Crippen LogP contribution in [-0.4, -0.2) is 49.0 Å². The molecule has 0 aliphatic rings. The Labute approximate surface area is 97.2 Å². The molecule has 1 heterocycles. The standard InChI is InChI=1S/C11H21N5/c1-15(2)6-7-16(3)9-10-4-5-11(14-12)13-8-10/h4-5,8H,6-7,9,12H2,1-3H3,(H,13,14). The summed E-state index contributed by atoms with van der Waals surface area (Å²) in [4.78, 5) is 8.62. The molecule has 90 valence electrons. The number of anilines is 1. The van der Waals surface area contributed by atoms with Crippen LogP contribution in [-0.2, 0) is 6.54 Å². The Morgan fingerprint density at radius 2 is 2.00 bits per heavy atom. The van der Waals surface area contributed by atoms with Crippen molar-refractivity contribution in [2.75, 3.05) is 39.7 Å². The van der Waals surface area contributed by atoms with Crippen molar-refractivity contribution in [3.8, 4) is 0 Å². The summed E-state index contributed by atoms with van der Waals surface area (Å²) in [6.45, 7) is 3.02. The van der Waals surface area contributed by atoms with Gasteiger partial charge in [-0.3, -0.25) is 0 Å². The van der Waals surface area contributed by atoms with Crippen LogP contribution >= 0.6 is 0 Å². The number of nitrogens with zero attached hydrogens (tertiary/aromatic N) is 3. The van der Waals surface area contributed by atoms with Gasteiger partial charge in [0.25, 0.3) is 0 Å². The number of pyridine rings is 1. The zero-order valence-corrected chi connectivity index (χ0v) is 10.3. The molecule has 5 heteroatoms. The van der Waals surface area contributed by atoms with Gasteiger partial charge < -0.3 is 15.2 Å². The van der Waals surface area contributed by atoms with E-state index in [0.29, 0.717) is 5.82 Å². The van der Waals surface area contributed by atoms with Crippen LogP contribution in [0.4, 0.5) is 5.82 Å². The van der Waals surface area contributed by atoms with Crippen LogP contribution in [0.3, 0.4) is 0 Å². The van der Waals surface area contributed by atoms with Gasteiger partial charge in [-0.15, -0.1) is 0 Å². The maximum atomic E-state index is 5.25. The number of nitrogen functional groups attached to an aromatic ring is 1. The summed E-state index contributed by atoms with van der Waals surface area (Å²) in [5, 5.41) is 0. The molecule has 0 atom stereocenters. The van der Waals surface area contributed by atoms with E-state index in [1.165, 1.54) is 5.56 Å². The average Bonchev–Trinajstić information content (AvgIpc) is 2.27. The number of rotatable bonds is 6. The molecule has 0 spiro atoms. The first-order valence-electron chi connectivity index (χ1n) is 5.36. The van der Waals surface area contributed by atoms with E-state index >= 15 is 0 Å². The molecule has 5 nitrogen and oxygen atoms in total. The Morgan fingerprint density at radius 3 is 2.50 bits per heavy atom. The summed E-state index contributed by atoms with van der Waals surface area (Å²) < 4.78 is 0. The van der Waals surface area contributed by atoms with E-state index in [1.807, 2.05) is 18.3 Å². The fraction of sp³-hybridized carbons (Fsp3) is 0.545. The van der Waals surface area contributed by atoms with Gasteiger partial charge in [-0.25, -0.2) is 10.8 Å². The second kappa shape index (κ2) is 6.42. The summed E-state index contributed by atoms with van der Waals surface area (Å²) in [7, 11) is 6.27. The average molecular weight is 223 g/mol. The Bertz CT molecular complexity index is 296. The largest absolute Gasteiger partial charge is 0.308 e. The lowest BCUT2D eigenvalue weighted by Crippen LogP contribution is -2.28. The minimum Gasteiger partial charge on any atom is -0.308 e. The Kier molecular flexibility index (Phi) is 5.18. The van der Waals surface area contributed by atoms with Crippen molar-refractivity contribution >= 4 is 5.82 Å². The fourth-order valence-electron chi connectivity index (χ4n) is 1.36. The highest BCUT2D eigenvalue weighted by Crippen LogP contribution is 2.05. The predicted molar refractivity (Wildman–Crippen MR) is 66.9 cm³/mol. The lowest BCUT2D eigenvalue weighted by molar-refractivity contribution is 0.276. The molecule has 0 amide bonds. The summed E-state index contributed by atoms with van der Waals surface area (Å²) in [5.41, 5.74) is 3.71. The quantitative estimate of drug-likeness (QED) is 0.539. The highest BCUT2D eigenvalue weighted by atomic mass is 15.2. The zero-order chi connectivity index (χ0) is 12.0. The Morgan fingerprint density at radius 1 is 1.25 bits per heavy atom. The van der Waals surface area contributed by atoms with E-state index in [2.05, 4.69) is 41.4 Å². The molecule has 3 N–H and O–H groups in total. The first-order chi connectivity index (χ1) is 7.61. The van der Waals surface area contributed by atoms with Gasteiger partial charge >= 0.3 is 0 Å². The lowest BCUT2D eigenvalue weighted by Gasteiger charge is -2.19. The van der Waals surface area contributed by atoms with Gasteiger partial charge in [-0.2, -0.15) is 0 Å². The minimum atomic E-state index is 0.694. The van der Waals surface area contributed by atoms with Crippen molar-refractivity contribution in [1.82, 2.24) is 14.8 Å². The van der Waals surface area contributed by atoms with E-state index < -0.39 is 0 Å². The van der Waals surface area contributed by atoms with E-state index in [9.17, 15) is 0 Å². The summed E-state index contributed by atoms with van der Waals surface area (Å²) in [5.74, 6) is 5.95. The molecule has 0 aliphatic carbocycles. The van der Waals surface area contributed by atoms with Gasteiger partial charge in [0, 0.05) is 25.8 Å². The monoisotopic (exact) mass is 223 g/mol. The van der Waals surface area contributed by atoms with Crippen molar-refractivity contribution in [2.24, 2.45) is 5.84 Å². The van der Waals surface area contributed by atoms with Crippen molar-refractivity contribution in [3.63, 3.8) is 0 Å². The number of aromatic nitrogens is 1. The first kappa shape index (κ1) is 12.9. The Balaban J connectivity index is 2.40. The molecule has 0 aromatic carbocycles. The van der Waals surface area contributed by atoms with Crippen LogP contribution in [0.1, 0.15) is 5.56 Å². The fourth-order valence-corrected chi connectivity index (χ4v) is 1.36. The smallest absolute Gasteiger partial charge is 0.139 e. The normalized spacial score (nSPS) is 11.1. The van der Waals surface area contributed by atoms with Gasteiger partial charge in [-0.1, -0.05) is 6.07 Å². The third-order valence-corrected chi connectivity index (χ3v) is 2.35. The van der Waals surface area contributed by atoms with Gasteiger partial charge in [0.05, 0.1) is 0 Å². The highest BCUT2D eigenvalue weighted by Gasteiger charge is 2.01.